The second-order valence-electron chi connectivity index (χ2n) is 14.3. The molecule has 10 aromatic rings. The Bertz CT molecular complexity index is 2940. The van der Waals surface area contributed by atoms with Gasteiger partial charge in [0.05, 0.1) is 5.41 Å². The Hall–Kier alpha value is -6.76. The van der Waals surface area contributed by atoms with Gasteiger partial charge in [-0.3, -0.25) is 0 Å². The Morgan fingerprint density at radius 2 is 0.755 bits per heavy atom. The van der Waals surface area contributed by atoms with Crippen LogP contribution >= 0.6 is 0 Å². The van der Waals surface area contributed by atoms with Crippen LogP contribution in [0.25, 0.3) is 76.5 Å². The lowest BCUT2D eigenvalue weighted by Gasteiger charge is -2.35. The number of hydrogen-bond acceptors (Lipinski definition) is 0. The summed E-state index contributed by atoms with van der Waals surface area (Å²) in [6.45, 7) is 0. The van der Waals surface area contributed by atoms with Crippen LogP contribution in [0.1, 0.15) is 22.3 Å². The van der Waals surface area contributed by atoms with Crippen molar-refractivity contribution < 1.29 is 0 Å². The van der Waals surface area contributed by atoms with E-state index >= 15 is 0 Å². The van der Waals surface area contributed by atoms with E-state index in [2.05, 4.69) is 206 Å². The number of fused-ring (bicyclic) bond motifs is 8. The molecule has 1 aliphatic rings. The lowest BCUT2D eigenvalue weighted by Crippen LogP contribution is -2.28. The van der Waals surface area contributed by atoms with Gasteiger partial charge in [-0.2, -0.15) is 0 Å². The van der Waals surface area contributed by atoms with E-state index in [1.165, 1.54) is 98.7 Å². The number of rotatable bonds is 4. The smallest absolute Gasteiger partial charge is 0.0622 e. The summed E-state index contributed by atoms with van der Waals surface area (Å²) in [7, 11) is 0. The van der Waals surface area contributed by atoms with E-state index in [0.717, 1.165) is 0 Å². The summed E-state index contributed by atoms with van der Waals surface area (Å²) in [5, 5.41) is 10.2. The van der Waals surface area contributed by atoms with Gasteiger partial charge in [0, 0.05) is 0 Å². The van der Waals surface area contributed by atoms with E-state index in [1.807, 2.05) is 0 Å². The molecule has 0 nitrogen and oxygen atoms in total. The second-order valence-corrected chi connectivity index (χ2v) is 14.3. The van der Waals surface area contributed by atoms with Crippen molar-refractivity contribution in [1.82, 2.24) is 0 Å². The van der Waals surface area contributed by atoms with Crippen molar-refractivity contribution >= 4 is 43.1 Å². The lowest BCUT2D eigenvalue weighted by molar-refractivity contribution is 0.776. The van der Waals surface area contributed by atoms with Crippen molar-refractivity contribution in [1.29, 1.82) is 0 Å². The maximum absolute atomic E-state index is 2.52. The fourth-order valence-corrected chi connectivity index (χ4v) is 9.60. The molecule has 0 fully saturated rings. The Labute approximate surface area is 309 Å². The summed E-state index contributed by atoms with van der Waals surface area (Å²) in [5.74, 6) is 0. The van der Waals surface area contributed by atoms with Gasteiger partial charge in [-0.1, -0.05) is 200 Å². The van der Waals surface area contributed by atoms with Crippen LogP contribution in [0.3, 0.4) is 0 Å². The topological polar surface area (TPSA) is 0 Å². The van der Waals surface area contributed by atoms with Crippen molar-refractivity contribution in [2.75, 3.05) is 0 Å². The molecule has 0 heteroatoms. The number of benzene rings is 10. The minimum absolute atomic E-state index is 0.515. The van der Waals surface area contributed by atoms with Gasteiger partial charge >= 0.3 is 0 Å². The average Bonchev–Trinajstić information content (AvgIpc) is 3.54. The highest BCUT2D eigenvalue weighted by molar-refractivity contribution is 6.23. The van der Waals surface area contributed by atoms with Crippen LogP contribution in [0.15, 0.2) is 206 Å². The van der Waals surface area contributed by atoms with Crippen molar-refractivity contribution in [2.24, 2.45) is 0 Å². The quantitative estimate of drug-likeness (QED) is 0.164. The summed E-state index contributed by atoms with van der Waals surface area (Å²) >= 11 is 0. The molecular weight excluding hydrogens is 637 g/mol. The minimum atomic E-state index is -0.515. The van der Waals surface area contributed by atoms with Crippen LogP contribution in [0, 0.1) is 0 Å². The molecule has 246 valence electrons. The maximum atomic E-state index is 2.52. The van der Waals surface area contributed by atoms with Crippen LogP contribution in [0.4, 0.5) is 0 Å². The van der Waals surface area contributed by atoms with Crippen molar-refractivity contribution in [2.45, 2.75) is 5.41 Å². The third-order valence-corrected chi connectivity index (χ3v) is 11.7. The zero-order chi connectivity index (χ0) is 34.9. The van der Waals surface area contributed by atoms with Crippen LogP contribution in [-0.2, 0) is 5.41 Å². The summed E-state index contributed by atoms with van der Waals surface area (Å²) < 4.78 is 0. The van der Waals surface area contributed by atoms with Crippen LogP contribution in [0.5, 0.6) is 0 Å². The molecule has 0 saturated carbocycles. The molecule has 0 saturated heterocycles. The Morgan fingerprint density at radius 3 is 1.38 bits per heavy atom. The molecule has 0 radical (unpaired) electrons. The standard InChI is InChI=1S/C53H34/c1-3-19-38(20-4-1)53(39-21-5-2-6-22-39)49-34-37(31-32-42(49)48-33-30-36-17-8-10-24-41(36)52(48)53)50-44-25-11-13-27-46(44)51(47-28-14-12-26-45(47)50)43-29-15-18-35-16-7-9-23-40(35)43/h1-34H. The van der Waals surface area contributed by atoms with Crippen molar-refractivity contribution in [3.05, 3.63) is 229 Å². The first-order valence-electron chi connectivity index (χ1n) is 18.5. The molecule has 53 heavy (non-hydrogen) atoms. The third-order valence-electron chi connectivity index (χ3n) is 11.7. The van der Waals surface area contributed by atoms with E-state index in [9.17, 15) is 0 Å². The SMILES string of the molecule is c1ccc(C2(c3ccccc3)c3cc(-c4c5ccccc5c(-c5cccc6ccccc56)c5ccccc45)ccc3-c3ccc4ccccc4c32)cc1. The monoisotopic (exact) mass is 670 g/mol. The van der Waals surface area contributed by atoms with Crippen LogP contribution in [-0.4, -0.2) is 0 Å². The van der Waals surface area contributed by atoms with Gasteiger partial charge in [0.2, 0.25) is 0 Å². The maximum Gasteiger partial charge on any atom is 0.0719 e. The van der Waals surface area contributed by atoms with E-state index < -0.39 is 5.41 Å². The lowest BCUT2D eigenvalue weighted by atomic mass is 9.66. The highest BCUT2D eigenvalue weighted by Gasteiger charge is 2.47. The molecule has 0 heterocycles. The van der Waals surface area contributed by atoms with Gasteiger partial charge < -0.3 is 0 Å². The summed E-state index contributed by atoms with van der Waals surface area (Å²) in [4.78, 5) is 0. The molecule has 0 atom stereocenters. The van der Waals surface area contributed by atoms with Gasteiger partial charge in [0.15, 0.2) is 0 Å². The first-order valence-corrected chi connectivity index (χ1v) is 18.5. The largest absolute Gasteiger partial charge is 0.0719 e. The van der Waals surface area contributed by atoms with Gasteiger partial charge in [-0.25, -0.2) is 0 Å². The fourth-order valence-electron chi connectivity index (χ4n) is 9.60. The van der Waals surface area contributed by atoms with Crippen LogP contribution < -0.4 is 0 Å². The van der Waals surface area contributed by atoms with E-state index in [4.69, 9.17) is 0 Å². The molecule has 1 aliphatic carbocycles. The summed E-state index contributed by atoms with van der Waals surface area (Å²) in [5.41, 5.74) is 12.4. The van der Waals surface area contributed by atoms with E-state index in [0.29, 0.717) is 0 Å². The molecule has 11 rings (SSSR count). The van der Waals surface area contributed by atoms with Crippen molar-refractivity contribution in [3.8, 4) is 33.4 Å². The van der Waals surface area contributed by atoms with Gasteiger partial charge in [-0.05, 0) is 105 Å². The molecule has 0 aliphatic heterocycles. The molecule has 0 spiro atoms. The summed E-state index contributed by atoms with van der Waals surface area (Å²) in [6, 6.07) is 76.7. The molecule has 0 aromatic heterocycles. The minimum Gasteiger partial charge on any atom is -0.0622 e. The van der Waals surface area contributed by atoms with E-state index in [1.54, 1.807) is 0 Å². The van der Waals surface area contributed by atoms with Gasteiger partial charge in [0.1, 0.15) is 0 Å². The van der Waals surface area contributed by atoms with E-state index in [-0.39, 0.29) is 0 Å². The first-order chi connectivity index (χ1) is 26.3. The predicted octanol–water partition coefficient (Wildman–Crippen LogP) is 14.0. The highest BCUT2D eigenvalue weighted by Crippen LogP contribution is 2.59. The Balaban J connectivity index is 1.27. The Kier molecular flexibility index (Phi) is 6.57. The fraction of sp³-hybridized carbons (Fsp3) is 0.0189. The van der Waals surface area contributed by atoms with Crippen molar-refractivity contribution in [3.63, 3.8) is 0 Å². The molecule has 0 bridgehead atoms. The van der Waals surface area contributed by atoms with Crippen LogP contribution in [0.2, 0.25) is 0 Å². The highest BCUT2D eigenvalue weighted by atomic mass is 14.5. The molecule has 10 aromatic carbocycles. The molecule has 0 N–H and O–H groups in total. The third kappa shape index (κ3) is 4.24. The zero-order valence-electron chi connectivity index (χ0n) is 29.1. The zero-order valence-corrected chi connectivity index (χ0v) is 29.1. The molecule has 0 amide bonds. The first kappa shape index (κ1) is 29.9. The summed E-state index contributed by atoms with van der Waals surface area (Å²) in [6.07, 6.45) is 0. The number of hydrogen-bond donors (Lipinski definition) is 0. The normalized spacial score (nSPS) is 13.1. The molecular formula is C53H34. The van der Waals surface area contributed by atoms with Gasteiger partial charge in [0.25, 0.3) is 0 Å². The Morgan fingerprint density at radius 1 is 0.283 bits per heavy atom. The molecule has 0 unspecified atom stereocenters. The van der Waals surface area contributed by atoms with Gasteiger partial charge in [-0.15, -0.1) is 0 Å². The predicted molar refractivity (Wildman–Crippen MR) is 225 cm³/mol. The second kappa shape index (κ2) is 11.6. The average molecular weight is 671 g/mol.